The van der Waals surface area contributed by atoms with E-state index in [0.717, 1.165) is 31.7 Å². The Kier molecular flexibility index (Phi) is 5.64. The molecule has 0 radical (unpaired) electrons. The zero-order valence-corrected chi connectivity index (χ0v) is 10.1. The van der Waals surface area contributed by atoms with Gasteiger partial charge in [-0.05, 0) is 32.8 Å². The lowest BCUT2D eigenvalue weighted by Gasteiger charge is -2.08. The van der Waals surface area contributed by atoms with E-state index in [0.29, 0.717) is 11.9 Å². The van der Waals surface area contributed by atoms with Gasteiger partial charge < -0.3 is 15.8 Å². The van der Waals surface area contributed by atoms with Crippen molar-refractivity contribution in [1.29, 1.82) is 0 Å². The number of hydrogen-bond acceptors (Lipinski definition) is 4. The first-order valence-corrected chi connectivity index (χ1v) is 5.75. The Bertz CT molecular complexity index is 302. The molecule has 16 heavy (non-hydrogen) atoms. The molecule has 0 aliphatic heterocycles. The molecule has 0 amide bonds. The number of nitrogens with two attached hydrogens (primary N) is 1. The van der Waals surface area contributed by atoms with Crippen LogP contribution in [0.15, 0.2) is 18.3 Å². The summed E-state index contributed by atoms with van der Waals surface area (Å²) in [7, 11) is 0. The van der Waals surface area contributed by atoms with E-state index in [1.165, 1.54) is 0 Å². The van der Waals surface area contributed by atoms with Crippen LogP contribution in [0.1, 0.15) is 26.7 Å². The summed E-state index contributed by atoms with van der Waals surface area (Å²) in [6.07, 6.45) is 4.20. The Hall–Kier alpha value is -1.29. The molecular weight excluding hydrogens is 202 g/mol. The van der Waals surface area contributed by atoms with Gasteiger partial charge in [0.25, 0.3) is 0 Å². The van der Waals surface area contributed by atoms with Crippen LogP contribution in [0.2, 0.25) is 0 Å². The van der Waals surface area contributed by atoms with Gasteiger partial charge in [-0.2, -0.15) is 0 Å². The number of ether oxygens (including phenoxy) is 1. The van der Waals surface area contributed by atoms with Crippen LogP contribution in [-0.4, -0.2) is 24.2 Å². The Balaban J connectivity index is 2.07. The summed E-state index contributed by atoms with van der Waals surface area (Å²) in [5.41, 5.74) is 6.60. The monoisotopic (exact) mass is 223 g/mol. The van der Waals surface area contributed by atoms with Crippen molar-refractivity contribution in [3.05, 3.63) is 18.3 Å². The minimum Gasteiger partial charge on any atom is -0.385 e. The van der Waals surface area contributed by atoms with Gasteiger partial charge in [0, 0.05) is 31.1 Å². The predicted octanol–water partition coefficient (Wildman–Crippen LogP) is 2.28. The Morgan fingerprint density at radius 1 is 1.44 bits per heavy atom. The molecular formula is C12H21N3O. The Morgan fingerprint density at radius 2 is 2.25 bits per heavy atom. The molecule has 0 saturated heterocycles. The van der Waals surface area contributed by atoms with Crippen molar-refractivity contribution in [3.8, 4) is 0 Å². The maximum Gasteiger partial charge on any atom is 0.125 e. The quantitative estimate of drug-likeness (QED) is 0.696. The normalized spacial score (nSPS) is 10.7. The fourth-order valence-electron chi connectivity index (χ4n) is 1.34. The fraction of sp³-hybridized carbons (Fsp3) is 0.583. The standard InChI is InChI=1S/C12H21N3O/c1-10(2)16-8-4-3-6-14-11-5-7-15-12(13)9-11/h5,7,9-10H,3-4,6,8H2,1-2H3,(H3,13,14,15). The number of aromatic nitrogens is 1. The molecule has 0 unspecified atom stereocenters. The first kappa shape index (κ1) is 12.8. The molecule has 4 nitrogen and oxygen atoms in total. The molecule has 0 aliphatic carbocycles. The van der Waals surface area contributed by atoms with Crippen LogP contribution in [0.3, 0.4) is 0 Å². The third kappa shape index (κ3) is 5.56. The molecule has 0 spiro atoms. The molecule has 0 atom stereocenters. The SMILES string of the molecule is CC(C)OCCCCNc1ccnc(N)c1. The van der Waals surface area contributed by atoms with Crippen molar-refractivity contribution in [3.63, 3.8) is 0 Å². The first-order valence-electron chi connectivity index (χ1n) is 5.75. The number of hydrogen-bond donors (Lipinski definition) is 2. The number of nitrogens with one attached hydrogen (secondary N) is 1. The third-order valence-electron chi connectivity index (χ3n) is 2.13. The van der Waals surface area contributed by atoms with Gasteiger partial charge in [-0.3, -0.25) is 0 Å². The van der Waals surface area contributed by atoms with Gasteiger partial charge in [-0.25, -0.2) is 4.98 Å². The van der Waals surface area contributed by atoms with Crippen molar-refractivity contribution in [2.45, 2.75) is 32.8 Å². The average Bonchev–Trinajstić information content (AvgIpc) is 2.23. The number of anilines is 2. The molecule has 1 aromatic rings. The van der Waals surface area contributed by atoms with Gasteiger partial charge in [0.05, 0.1) is 6.10 Å². The summed E-state index contributed by atoms with van der Waals surface area (Å²) >= 11 is 0. The van der Waals surface area contributed by atoms with Gasteiger partial charge >= 0.3 is 0 Å². The highest BCUT2D eigenvalue weighted by Gasteiger charge is 1.95. The van der Waals surface area contributed by atoms with E-state index in [1.807, 2.05) is 12.1 Å². The number of rotatable bonds is 7. The zero-order chi connectivity index (χ0) is 11.8. The van der Waals surface area contributed by atoms with E-state index in [-0.39, 0.29) is 0 Å². The topological polar surface area (TPSA) is 60.2 Å². The predicted molar refractivity (Wildman–Crippen MR) is 67.5 cm³/mol. The van der Waals surface area contributed by atoms with Crippen molar-refractivity contribution in [1.82, 2.24) is 4.98 Å². The molecule has 90 valence electrons. The molecule has 0 saturated carbocycles. The van der Waals surface area contributed by atoms with Crippen LogP contribution >= 0.6 is 0 Å². The van der Waals surface area contributed by atoms with Gasteiger partial charge in [-0.15, -0.1) is 0 Å². The lowest BCUT2D eigenvalue weighted by atomic mass is 10.3. The van der Waals surface area contributed by atoms with Gasteiger partial charge in [-0.1, -0.05) is 0 Å². The molecule has 3 N–H and O–H groups in total. The second-order valence-electron chi connectivity index (χ2n) is 4.02. The first-order chi connectivity index (χ1) is 7.68. The van der Waals surface area contributed by atoms with Gasteiger partial charge in [0.1, 0.15) is 5.82 Å². The molecule has 0 aromatic carbocycles. The Labute approximate surface area is 97.2 Å². The largest absolute Gasteiger partial charge is 0.385 e. The maximum absolute atomic E-state index is 5.57. The van der Waals surface area contributed by atoms with Crippen LogP contribution in [0.4, 0.5) is 11.5 Å². The van der Waals surface area contributed by atoms with Gasteiger partial charge in [0.15, 0.2) is 0 Å². The highest BCUT2D eigenvalue weighted by atomic mass is 16.5. The summed E-state index contributed by atoms with van der Waals surface area (Å²) in [5, 5.41) is 3.30. The van der Waals surface area contributed by atoms with Crippen LogP contribution in [0.5, 0.6) is 0 Å². The number of pyridine rings is 1. The minimum atomic E-state index is 0.327. The fourth-order valence-corrected chi connectivity index (χ4v) is 1.34. The molecule has 0 bridgehead atoms. The van der Waals surface area contributed by atoms with Crippen LogP contribution in [-0.2, 0) is 4.74 Å². The lowest BCUT2D eigenvalue weighted by molar-refractivity contribution is 0.0765. The second-order valence-corrected chi connectivity index (χ2v) is 4.02. The number of nitrogens with zero attached hydrogens (tertiary/aromatic N) is 1. The van der Waals surface area contributed by atoms with Crippen molar-refractivity contribution in [2.24, 2.45) is 0 Å². The summed E-state index contributed by atoms with van der Waals surface area (Å²) in [6.45, 7) is 5.87. The van der Waals surface area contributed by atoms with Crippen LogP contribution in [0.25, 0.3) is 0 Å². The van der Waals surface area contributed by atoms with E-state index < -0.39 is 0 Å². The molecule has 1 rings (SSSR count). The van der Waals surface area contributed by atoms with E-state index in [2.05, 4.69) is 24.1 Å². The van der Waals surface area contributed by atoms with Crippen molar-refractivity contribution < 1.29 is 4.74 Å². The minimum absolute atomic E-state index is 0.327. The highest BCUT2D eigenvalue weighted by molar-refractivity contribution is 5.49. The maximum atomic E-state index is 5.57. The lowest BCUT2D eigenvalue weighted by Crippen LogP contribution is -2.07. The second kappa shape index (κ2) is 7.06. The third-order valence-corrected chi connectivity index (χ3v) is 2.13. The molecule has 0 aliphatic rings. The molecule has 0 fully saturated rings. The van der Waals surface area contributed by atoms with E-state index >= 15 is 0 Å². The van der Waals surface area contributed by atoms with Crippen molar-refractivity contribution in [2.75, 3.05) is 24.2 Å². The van der Waals surface area contributed by atoms with Crippen LogP contribution < -0.4 is 11.1 Å². The van der Waals surface area contributed by atoms with Crippen molar-refractivity contribution >= 4 is 11.5 Å². The Morgan fingerprint density at radius 3 is 2.94 bits per heavy atom. The smallest absolute Gasteiger partial charge is 0.125 e. The molecule has 4 heteroatoms. The van der Waals surface area contributed by atoms with Gasteiger partial charge in [0.2, 0.25) is 0 Å². The summed E-state index contributed by atoms with van der Waals surface area (Å²) in [4.78, 5) is 3.93. The number of unbranched alkanes of at least 4 members (excludes halogenated alkanes) is 1. The summed E-state index contributed by atoms with van der Waals surface area (Å²) in [5.74, 6) is 0.549. The zero-order valence-electron chi connectivity index (χ0n) is 10.1. The van der Waals surface area contributed by atoms with Crippen LogP contribution in [0, 0.1) is 0 Å². The summed E-state index contributed by atoms with van der Waals surface area (Å²) in [6, 6.07) is 3.76. The van der Waals surface area contributed by atoms with E-state index in [9.17, 15) is 0 Å². The van der Waals surface area contributed by atoms with E-state index in [1.54, 1.807) is 6.20 Å². The average molecular weight is 223 g/mol. The molecule has 1 aromatic heterocycles. The highest BCUT2D eigenvalue weighted by Crippen LogP contribution is 2.08. The summed E-state index contributed by atoms with van der Waals surface area (Å²) < 4.78 is 5.46. The number of nitrogen functional groups attached to an aromatic ring is 1. The van der Waals surface area contributed by atoms with E-state index in [4.69, 9.17) is 10.5 Å². The molecule has 1 heterocycles.